The maximum absolute atomic E-state index is 11.8. The molecule has 1 amide bonds. The molecule has 2 fully saturated rings. The molecule has 2 aromatic rings. The minimum absolute atomic E-state index is 0.0692. The molecule has 2 saturated heterocycles. The number of amides is 1. The zero-order chi connectivity index (χ0) is 18.9. The lowest BCUT2D eigenvalue weighted by Gasteiger charge is -2.49. The summed E-state index contributed by atoms with van der Waals surface area (Å²) < 4.78 is 6.09. The molecule has 2 aliphatic heterocycles. The smallest absolute Gasteiger partial charge is 0.220 e. The first-order chi connectivity index (χ1) is 13.0. The van der Waals surface area contributed by atoms with E-state index in [0.29, 0.717) is 11.4 Å². The summed E-state index contributed by atoms with van der Waals surface area (Å²) in [6.07, 6.45) is 2.52. The Bertz CT molecular complexity index is 821. The van der Waals surface area contributed by atoms with Crippen LogP contribution in [0.1, 0.15) is 25.0 Å². The van der Waals surface area contributed by atoms with Crippen LogP contribution in [0.4, 0.5) is 0 Å². The van der Waals surface area contributed by atoms with Crippen LogP contribution in [0.3, 0.4) is 0 Å². The molecule has 144 valence electrons. The number of piperazine rings is 1. The van der Waals surface area contributed by atoms with Crippen LogP contribution in [-0.2, 0) is 11.3 Å². The Labute approximate surface area is 165 Å². The lowest BCUT2D eigenvalue weighted by Crippen LogP contribution is -2.60. The fraction of sp³-hybridized carbons (Fsp3) is 0.476. The summed E-state index contributed by atoms with van der Waals surface area (Å²) in [7, 11) is 2.19. The predicted octanol–water partition coefficient (Wildman–Crippen LogP) is 3.39. The Morgan fingerprint density at radius 2 is 2.11 bits per heavy atom. The highest BCUT2D eigenvalue weighted by atomic mass is 35.5. The van der Waals surface area contributed by atoms with Crippen molar-refractivity contribution in [2.75, 3.05) is 33.2 Å². The number of hydrogen-bond acceptors (Lipinski definition) is 4. The van der Waals surface area contributed by atoms with Gasteiger partial charge < -0.3 is 9.73 Å². The molecule has 1 atom stereocenters. The summed E-state index contributed by atoms with van der Waals surface area (Å²) in [5.41, 5.74) is 1.07. The van der Waals surface area contributed by atoms with E-state index in [1.54, 1.807) is 0 Å². The summed E-state index contributed by atoms with van der Waals surface area (Å²) in [5.74, 6) is 1.99. The summed E-state index contributed by atoms with van der Waals surface area (Å²) in [5, 5.41) is 3.72. The van der Waals surface area contributed by atoms with Crippen molar-refractivity contribution >= 4 is 17.5 Å². The molecule has 0 bridgehead atoms. The number of furan rings is 1. The number of hydrogen-bond donors (Lipinski definition) is 1. The highest BCUT2D eigenvalue weighted by Crippen LogP contribution is 2.32. The van der Waals surface area contributed by atoms with Crippen LogP contribution in [-0.4, -0.2) is 54.5 Å². The third-order valence-electron chi connectivity index (χ3n) is 5.96. The van der Waals surface area contributed by atoms with Crippen LogP contribution in [0.5, 0.6) is 0 Å². The van der Waals surface area contributed by atoms with E-state index in [2.05, 4.69) is 28.2 Å². The summed E-state index contributed by atoms with van der Waals surface area (Å²) in [6, 6.07) is 11.8. The van der Waals surface area contributed by atoms with Crippen molar-refractivity contribution in [1.29, 1.82) is 0 Å². The average molecular weight is 388 g/mol. The van der Waals surface area contributed by atoms with Gasteiger partial charge in [-0.3, -0.25) is 14.6 Å². The summed E-state index contributed by atoms with van der Waals surface area (Å²) in [6.45, 7) is 4.53. The van der Waals surface area contributed by atoms with E-state index in [0.717, 1.165) is 62.6 Å². The van der Waals surface area contributed by atoms with Crippen molar-refractivity contribution < 1.29 is 9.21 Å². The molecular formula is C21H26ClN3O2. The normalized spacial score (nSPS) is 24.7. The molecule has 27 heavy (non-hydrogen) atoms. The van der Waals surface area contributed by atoms with E-state index in [4.69, 9.17) is 16.0 Å². The van der Waals surface area contributed by atoms with Gasteiger partial charge >= 0.3 is 0 Å². The van der Waals surface area contributed by atoms with E-state index in [1.807, 2.05) is 30.3 Å². The quantitative estimate of drug-likeness (QED) is 0.877. The van der Waals surface area contributed by atoms with Gasteiger partial charge in [-0.25, -0.2) is 0 Å². The topological polar surface area (TPSA) is 48.7 Å². The zero-order valence-electron chi connectivity index (χ0n) is 15.7. The summed E-state index contributed by atoms with van der Waals surface area (Å²) >= 11 is 6.09. The molecule has 5 nitrogen and oxygen atoms in total. The van der Waals surface area contributed by atoms with Gasteiger partial charge in [0.05, 0.1) is 6.54 Å². The third-order valence-corrected chi connectivity index (χ3v) is 6.19. The number of likely N-dealkylation sites (N-methyl/N-ethyl adjacent to an activating group) is 1. The largest absolute Gasteiger partial charge is 0.460 e. The molecule has 6 heteroatoms. The fourth-order valence-corrected chi connectivity index (χ4v) is 4.48. The van der Waals surface area contributed by atoms with Gasteiger partial charge in [-0.15, -0.1) is 0 Å². The number of rotatable bonds is 3. The highest BCUT2D eigenvalue weighted by Gasteiger charge is 2.40. The standard InChI is InChI=1S/C21H26ClN3O2/c1-24-11-12-25(15-21(24)8-7-20(26)23-10-9-21)14-18-5-6-19(27-18)16-3-2-4-17(22)13-16/h2-6,13H,7-12,14-15H2,1H3,(H,23,26)/t21-/m0/s1. The van der Waals surface area contributed by atoms with Crippen molar-refractivity contribution in [2.45, 2.75) is 31.3 Å². The molecule has 0 aliphatic carbocycles. The van der Waals surface area contributed by atoms with E-state index in [-0.39, 0.29) is 11.4 Å². The van der Waals surface area contributed by atoms with Crippen molar-refractivity contribution in [1.82, 2.24) is 15.1 Å². The Hall–Kier alpha value is -1.82. The van der Waals surface area contributed by atoms with Crippen LogP contribution in [0, 0.1) is 0 Å². The lowest BCUT2D eigenvalue weighted by atomic mass is 9.86. The number of nitrogens with zero attached hydrogens (tertiary/aromatic N) is 2. The molecule has 0 radical (unpaired) electrons. The van der Waals surface area contributed by atoms with Crippen molar-refractivity contribution in [2.24, 2.45) is 0 Å². The lowest BCUT2D eigenvalue weighted by molar-refractivity contribution is -0.121. The average Bonchev–Trinajstić information content (AvgIpc) is 3.03. The monoisotopic (exact) mass is 387 g/mol. The van der Waals surface area contributed by atoms with E-state index >= 15 is 0 Å². The Morgan fingerprint density at radius 3 is 2.96 bits per heavy atom. The highest BCUT2D eigenvalue weighted by molar-refractivity contribution is 6.30. The first-order valence-corrected chi connectivity index (χ1v) is 9.97. The maximum Gasteiger partial charge on any atom is 0.220 e. The van der Waals surface area contributed by atoms with Crippen molar-refractivity contribution in [3.8, 4) is 11.3 Å². The van der Waals surface area contributed by atoms with Crippen LogP contribution < -0.4 is 5.32 Å². The van der Waals surface area contributed by atoms with Gasteiger partial charge in [0.1, 0.15) is 11.5 Å². The Balaban J connectivity index is 1.46. The van der Waals surface area contributed by atoms with Crippen LogP contribution in [0.15, 0.2) is 40.8 Å². The Kier molecular flexibility index (Phi) is 5.26. The minimum Gasteiger partial charge on any atom is -0.460 e. The molecule has 1 spiro atoms. The second kappa shape index (κ2) is 7.66. The molecule has 4 rings (SSSR count). The number of halogens is 1. The number of carbonyl (C=O) groups is 1. The molecule has 2 aliphatic rings. The van der Waals surface area contributed by atoms with E-state index < -0.39 is 0 Å². The van der Waals surface area contributed by atoms with Gasteiger partial charge in [-0.05, 0) is 44.2 Å². The minimum atomic E-state index is 0.0692. The zero-order valence-corrected chi connectivity index (χ0v) is 16.5. The van der Waals surface area contributed by atoms with E-state index in [9.17, 15) is 4.79 Å². The molecular weight excluding hydrogens is 362 g/mol. The number of benzene rings is 1. The molecule has 1 aromatic heterocycles. The van der Waals surface area contributed by atoms with Crippen LogP contribution >= 0.6 is 11.6 Å². The van der Waals surface area contributed by atoms with Gasteiger partial charge in [0.2, 0.25) is 5.91 Å². The predicted molar refractivity (Wildman–Crippen MR) is 107 cm³/mol. The second-order valence-corrected chi connectivity index (χ2v) is 8.17. The SMILES string of the molecule is CN1CCN(Cc2ccc(-c3cccc(Cl)c3)o2)C[C@]12CCNC(=O)CC2. The van der Waals surface area contributed by atoms with E-state index in [1.165, 1.54) is 0 Å². The summed E-state index contributed by atoms with van der Waals surface area (Å²) in [4.78, 5) is 16.7. The van der Waals surface area contributed by atoms with Crippen LogP contribution in [0.2, 0.25) is 5.02 Å². The second-order valence-electron chi connectivity index (χ2n) is 7.73. The third kappa shape index (κ3) is 4.05. The maximum atomic E-state index is 11.8. The van der Waals surface area contributed by atoms with Gasteiger partial charge in [0.15, 0.2) is 0 Å². The van der Waals surface area contributed by atoms with Crippen molar-refractivity contribution in [3.63, 3.8) is 0 Å². The van der Waals surface area contributed by atoms with Gasteiger partial charge in [0, 0.05) is 48.7 Å². The van der Waals surface area contributed by atoms with Gasteiger partial charge in [-0.2, -0.15) is 0 Å². The molecule has 3 heterocycles. The first kappa shape index (κ1) is 18.5. The number of carbonyl (C=O) groups excluding carboxylic acids is 1. The molecule has 1 aromatic carbocycles. The Morgan fingerprint density at radius 1 is 1.22 bits per heavy atom. The van der Waals surface area contributed by atoms with Crippen molar-refractivity contribution in [3.05, 3.63) is 47.2 Å². The molecule has 1 N–H and O–H groups in total. The number of nitrogens with one attached hydrogen (secondary N) is 1. The fourth-order valence-electron chi connectivity index (χ4n) is 4.29. The molecule has 0 saturated carbocycles. The first-order valence-electron chi connectivity index (χ1n) is 9.59. The van der Waals surface area contributed by atoms with Gasteiger partial charge in [0.25, 0.3) is 0 Å². The molecule has 0 unspecified atom stereocenters. The van der Waals surface area contributed by atoms with Gasteiger partial charge in [-0.1, -0.05) is 23.7 Å². The van der Waals surface area contributed by atoms with Crippen LogP contribution in [0.25, 0.3) is 11.3 Å².